The lowest BCUT2D eigenvalue weighted by atomic mass is 9.90. The Kier molecular flexibility index (Phi) is 4.48. The molecule has 0 unspecified atom stereocenters. The van der Waals surface area contributed by atoms with Gasteiger partial charge in [-0.2, -0.15) is 4.80 Å². The molecule has 2 aromatic rings. The topological polar surface area (TPSA) is 73.1 Å². The van der Waals surface area contributed by atoms with Crippen LogP contribution in [0.1, 0.15) is 31.2 Å². The van der Waals surface area contributed by atoms with E-state index in [2.05, 4.69) is 15.4 Å². The molecular weight excluding hydrogens is 318 g/mol. The van der Waals surface area contributed by atoms with Crippen LogP contribution in [0, 0.1) is 6.92 Å². The highest BCUT2D eigenvalue weighted by atomic mass is 16.5. The van der Waals surface area contributed by atoms with Crippen molar-refractivity contribution < 1.29 is 9.53 Å². The lowest BCUT2D eigenvalue weighted by Crippen LogP contribution is -2.55. The van der Waals surface area contributed by atoms with Crippen molar-refractivity contribution >= 4 is 5.91 Å². The van der Waals surface area contributed by atoms with Gasteiger partial charge in [0.15, 0.2) is 0 Å². The number of nitrogens with zero attached hydrogens (tertiary/aromatic N) is 5. The summed E-state index contributed by atoms with van der Waals surface area (Å²) in [7, 11) is 0. The molecule has 2 atom stereocenters. The Hall–Kier alpha value is -2.28. The molecule has 1 aromatic carbocycles. The summed E-state index contributed by atoms with van der Waals surface area (Å²) < 4.78 is 5.84. The molecule has 0 radical (unpaired) electrons. The summed E-state index contributed by atoms with van der Waals surface area (Å²) in [5.41, 5.74) is 2.03. The molecule has 4 rings (SSSR count). The first kappa shape index (κ1) is 16.2. The Morgan fingerprint density at radius 2 is 2.12 bits per heavy atom. The van der Waals surface area contributed by atoms with E-state index in [1.165, 1.54) is 11.2 Å². The van der Waals surface area contributed by atoms with Crippen molar-refractivity contribution in [3.8, 4) is 11.4 Å². The Bertz CT molecular complexity index is 757. The maximum Gasteiger partial charge on any atom is 0.246 e. The van der Waals surface area contributed by atoms with E-state index in [0.717, 1.165) is 30.4 Å². The molecule has 2 fully saturated rings. The van der Waals surface area contributed by atoms with Gasteiger partial charge >= 0.3 is 0 Å². The number of aromatic nitrogens is 4. The van der Waals surface area contributed by atoms with Crippen LogP contribution >= 0.6 is 0 Å². The molecule has 1 saturated carbocycles. The fraction of sp³-hybridized carbons (Fsp3) is 0.556. The Labute approximate surface area is 147 Å². The molecule has 1 aromatic heterocycles. The largest absolute Gasteiger partial charge is 0.374 e. The van der Waals surface area contributed by atoms with Gasteiger partial charge in [0, 0.05) is 12.1 Å². The van der Waals surface area contributed by atoms with Crippen LogP contribution in [-0.2, 0) is 16.1 Å². The van der Waals surface area contributed by atoms with Gasteiger partial charge in [0.1, 0.15) is 6.54 Å². The van der Waals surface area contributed by atoms with Crippen molar-refractivity contribution in [1.82, 2.24) is 25.1 Å². The molecule has 0 bridgehead atoms. The maximum atomic E-state index is 12.8. The minimum absolute atomic E-state index is 0.0499. The number of fused-ring (bicyclic) bond motifs is 1. The summed E-state index contributed by atoms with van der Waals surface area (Å²) in [5.74, 6) is 0.609. The number of aryl methyl sites for hydroxylation is 1. The molecular formula is C18H23N5O2. The number of hydrogen-bond acceptors (Lipinski definition) is 5. The van der Waals surface area contributed by atoms with Gasteiger partial charge in [0.2, 0.25) is 11.7 Å². The van der Waals surface area contributed by atoms with Crippen molar-refractivity contribution in [2.45, 2.75) is 51.3 Å². The van der Waals surface area contributed by atoms with E-state index in [1.807, 2.05) is 36.1 Å². The number of rotatable bonds is 3. The van der Waals surface area contributed by atoms with E-state index >= 15 is 0 Å². The number of tetrazole rings is 1. The van der Waals surface area contributed by atoms with Gasteiger partial charge in [0.05, 0.1) is 18.8 Å². The van der Waals surface area contributed by atoms with Gasteiger partial charge in [-0.3, -0.25) is 4.79 Å². The van der Waals surface area contributed by atoms with Gasteiger partial charge in [-0.05, 0) is 30.5 Å². The average molecular weight is 341 g/mol. The Morgan fingerprint density at radius 3 is 3.00 bits per heavy atom. The highest BCUT2D eigenvalue weighted by molar-refractivity contribution is 5.76. The lowest BCUT2D eigenvalue weighted by molar-refractivity contribution is -0.150. The smallest absolute Gasteiger partial charge is 0.246 e. The second-order valence-corrected chi connectivity index (χ2v) is 6.81. The average Bonchev–Trinajstić information content (AvgIpc) is 3.09. The number of amides is 1. The normalized spacial score (nSPS) is 23.3. The van der Waals surface area contributed by atoms with E-state index in [0.29, 0.717) is 19.0 Å². The summed E-state index contributed by atoms with van der Waals surface area (Å²) in [6, 6.07) is 8.11. The fourth-order valence-corrected chi connectivity index (χ4v) is 3.86. The second-order valence-electron chi connectivity index (χ2n) is 6.81. The number of carbonyl (C=O) groups is 1. The van der Waals surface area contributed by atoms with Crippen LogP contribution in [0.2, 0.25) is 0 Å². The van der Waals surface area contributed by atoms with Gasteiger partial charge in [0.25, 0.3) is 0 Å². The van der Waals surface area contributed by atoms with E-state index in [9.17, 15) is 4.79 Å². The molecule has 1 aliphatic carbocycles. The number of benzene rings is 1. The Balaban J connectivity index is 1.47. The van der Waals surface area contributed by atoms with Crippen LogP contribution < -0.4 is 0 Å². The van der Waals surface area contributed by atoms with Crippen LogP contribution in [0.4, 0.5) is 0 Å². The SMILES string of the molecule is Cc1ccccc1-c1nnn(CC(=O)N2CCO[C@H]3CCCC[C@H]32)n1. The van der Waals surface area contributed by atoms with Crippen LogP contribution in [-0.4, -0.2) is 56.3 Å². The summed E-state index contributed by atoms with van der Waals surface area (Å²) in [5, 5.41) is 12.6. The summed E-state index contributed by atoms with van der Waals surface area (Å²) in [6.07, 6.45) is 4.61. The highest BCUT2D eigenvalue weighted by Crippen LogP contribution is 2.28. The van der Waals surface area contributed by atoms with Crippen LogP contribution in [0.25, 0.3) is 11.4 Å². The first-order valence-electron chi connectivity index (χ1n) is 8.97. The first-order valence-corrected chi connectivity index (χ1v) is 8.97. The molecule has 7 heteroatoms. The zero-order chi connectivity index (χ0) is 17.2. The Morgan fingerprint density at radius 1 is 1.28 bits per heavy atom. The van der Waals surface area contributed by atoms with E-state index < -0.39 is 0 Å². The summed E-state index contributed by atoms with van der Waals surface area (Å²) >= 11 is 0. The predicted octanol–water partition coefficient (Wildman–Crippen LogP) is 1.82. The molecule has 1 saturated heterocycles. The van der Waals surface area contributed by atoms with Gasteiger partial charge in [-0.1, -0.05) is 37.1 Å². The van der Waals surface area contributed by atoms with Crippen LogP contribution in [0.15, 0.2) is 24.3 Å². The third-order valence-electron chi connectivity index (χ3n) is 5.17. The number of morpholine rings is 1. The van der Waals surface area contributed by atoms with Crippen molar-refractivity contribution in [3.05, 3.63) is 29.8 Å². The highest BCUT2D eigenvalue weighted by Gasteiger charge is 2.36. The minimum Gasteiger partial charge on any atom is -0.374 e. The molecule has 1 aliphatic heterocycles. The maximum absolute atomic E-state index is 12.8. The van der Waals surface area contributed by atoms with E-state index in [4.69, 9.17) is 4.74 Å². The minimum atomic E-state index is 0.0499. The quantitative estimate of drug-likeness (QED) is 0.851. The van der Waals surface area contributed by atoms with E-state index in [-0.39, 0.29) is 24.6 Å². The van der Waals surface area contributed by atoms with Crippen LogP contribution in [0.5, 0.6) is 0 Å². The van der Waals surface area contributed by atoms with Crippen molar-refractivity contribution in [2.75, 3.05) is 13.2 Å². The summed E-state index contributed by atoms with van der Waals surface area (Å²) in [4.78, 5) is 16.1. The fourth-order valence-electron chi connectivity index (χ4n) is 3.86. The number of ether oxygens (including phenoxy) is 1. The molecule has 2 heterocycles. The monoisotopic (exact) mass is 341 g/mol. The predicted molar refractivity (Wildman–Crippen MR) is 91.7 cm³/mol. The summed E-state index contributed by atoms with van der Waals surface area (Å²) in [6.45, 7) is 3.41. The molecule has 0 N–H and O–H groups in total. The second kappa shape index (κ2) is 6.92. The van der Waals surface area contributed by atoms with E-state index in [1.54, 1.807) is 0 Å². The molecule has 25 heavy (non-hydrogen) atoms. The number of hydrogen-bond donors (Lipinski definition) is 0. The first-order chi connectivity index (χ1) is 12.2. The molecule has 2 aliphatic rings. The molecule has 0 spiro atoms. The van der Waals surface area contributed by atoms with Crippen LogP contribution in [0.3, 0.4) is 0 Å². The van der Waals surface area contributed by atoms with Gasteiger partial charge in [-0.15, -0.1) is 10.2 Å². The van der Waals surface area contributed by atoms with Crippen molar-refractivity contribution in [2.24, 2.45) is 0 Å². The lowest BCUT2D eigenvalue weighted by Gasteiger charge is -2.43. The van der Waals surface area contributed by atoms with Crippen molar-refractivity contribution in [1.29, 1.82) is 0 Å². The van der Waals surface area contributed by atoms with Gasteiger partial charge in [-0.25, -0.2) is 0 Å². The number of carbonyl (C=O) groups excluding carboxylic acids is 1. The van der Waals surface area contributed by atoms with Crippen molar-refractivity contribution in [3.63, 3.8) is 0 Å². The zero-order valence-electron chi connectivity index (χ0n) is 14.5. The molecule has 7 nitrogen and oxygen atoms in total. The zero-order valence-corrected chi connectivity index (χ0v) is 14.5. The third-order valence-corrected chi connectivity index (χ3v) is 5.17. The molecule has 1 amide bonds. The van der Waals surface area contributed by atoms with Gasteiger partial charge < -0.3 is 9.64 Å². The standard InChI is InChI=1S/C18H23N5O2/c1-13-6-2-3-7-14(13)18-19-21-23(20-18)12-17(24)22-10-11-25-16-9-5-4-8-15(16)22/h2-3,6-7,15-16H,4-5,8-12H2,1H3/t15-,16+/m1/s1. The third kappa shape index (κ3) is 3.28. The molecule has 132 valence electrons.